The van der Waals surface area contributed by atoms with Crippen LogP contribution in [0.25, 0.3) is 0 Å². The van der Waals surface area contributed by atoms with Crippen molar-refractivity contribution < 1.29 is 4.79 Å². The Hall–Kier alpha value is -2.63. The van der Waals surface area contributed by atoms with E-state index in [2.05, 4.69) is 25.5 Å². The lowest BCUT2D eigenvalue weighted by atomic mass is 10.1. The van der Waals surface area contributed by atoms with Crippen LogP contribution < -0.4 is 15.5 Å². The van der Waals surface area contributed by atoms with Crippen molar-refractivity contribution in [1.29, 1.82) is 0 Å². The predicted octanol–water partition coefficient (Wildman–Crippen LogP) is 3.19. The van der Waals surface area contributed by atoms with Gasteiger partial charge in [0.1, 0.15) is 11.6 Å². The maximum Gasteiger partial charge on any atom is 0.320 e. The maximum absolute atomic E-state index is 12.2. The topological polar surface area (TPSA) is 70.2 Å². The van der Waals surface area contributed by atoms with Gasteiger partial charge in [-0.15, -0.1) is 0 Å². The highest BCUT2D eigenvalue weighted by molar-refractivity contribution is 5.88. The van der Waals surface area contributed by atoms with Crippen molar-refractivity contribution in [2.75, 3.05) is 23.3 Å². The number of anilines is 2. The molecule has 0 aliphatic carbocycles. The van der Waals surface area contributed by atoms with Crippen LogP contribution in [-0.2, 0) is 0 Å². The number of pyridine rings is 2. The normalized spacial score (nSPS) is 15.1. The number of amides is 2. The Balaban J connectivity index is 1.51. The highest BCUT2D eigenvalue weighted by atomic mass is 16.2. The Kier molecular flexibility index (Phi) is 5.16. The molecule has 3 heterocycles. The lowest BCUT2D eigenvalue weighted by molar-refractivity contribution is 0.246. The standard InChI is InChI=1S/C19H25N5O/c1-13-11-15(3)20-17(12-13)23-19(25)22-16-7-9-24(10-8-16)18-6-4-5-14(2)21-18/h4-6,11-12,16H,7-10H2,1-3H3,(H2,20,22,23,25). The molecule has 0 unspecified atom stereocenters. The summed E-state index contributed by atoms with van der Waals surface area (Å²) in [7, 11) is 0. The highest BCUT2D eigenvalue weighted by Gasteiger charge is 2.21. The number of piperidine rings is 1. The summed E-state index contributed by atoms with van der Waals surface area (Å²) >= 11 is 0. The molecule has 0 aromatic carbocycles. The molecule has 1 saturated heterocycles. The minimum absolute atomic E-state index is 0.173. The zero-order valence-corrected chi connectivity index (χ0v) is 15.0. The van der Waals surface area contributed by atoms with E-state index in [1.165, 1.54) is 0 Å². The quantitative estimate of drug-likeness (QED) is 0.901. The first-order valence-electron chi connectivity index (χ1n) is 8.71. The Morgan fingerprint density at radius 3 is 2.52 bits per heavy atom. The summed E-state index contributed by atoms with van der Waals surface area (Å²) in [6.45, 7) is 7.70. The molecule has 0 bridgehead atoms. The van der Waals surface area contributed by atoms with E-state index in [-0.39, 0.29) is 12.1 Å². The summed E-state index contributed by atoms with van der Waals surface area (Å²) in [6, 6.07) is 9.92. The molecule has 2 aromatic rings. The highest BCUT2D eigenvalue weighted by Crippen LogP contribution is 2.18. The molecule has 132 valence electrons. The van der Waals surface area contributed by atoms with E-state index in [0.29, 0.717) is 5.82 Å². The predicted molar refractivity (Wildman–Crippen MR) is 100 cm³/mol. The monoisotopic (exact) mass is 339 g/mol. The van der Waals surface area contributed by atoms with Gasteiger partial charge in [-0.3, -0.25) is 5.32 Å². The molecular weight excluding hydrogens is 314 g/mol. The Bertz CT molecular complexity index is 733. The Morgan fingerprint density at radius 1 is 1.08 bits per heavy atom. The number of hydrogen-bond donors (Lipinski definition) is 2. The van der Waals surface area contributed by atoms with Gasteiger partial charge >= 0.3 is 6.03 Å². The molecule has 25 heavy (non-hydrogen) atoms. The van der Waals surface area contributed by atoms with Crippen LogP contribution >= 0.6 is 0 Å². The van der Waals surface area contributed by atoms with Crippen molar-refractivity contribution >= 4 is 17.7 Å². The summed E-state index contributed by atoms with van der Waals surface area (Å²) in [5, 5.41) is 5.89. The fourth-order valence-corrected chi connectivity index (χ4v) is 3.20. The van der Waals surface area contributed by atoms with Crippen molar-refractivity contribution in [3.05, 3.63) is 47.3 Å². The molecule has 1 aliphatic rings. The molecule has 0 radical (unpaired) electrons. The second-order valence-corrected chi connectivity index (χ2v) is 6.67. The van der Waals surface area contributed by atoms with Gasteiger partial charge in [0.05, 0.1) is 0 Å². The molecule has 3 rings (SSSR count). The van der Waals surface area contributed by atoms with E-state index in [0.717, 1.165) is 48.7 Å². The summed E-state index contributed by atoms with van der Waals surface area (Å²) in [6.07, 6.45) is 1.81. The van der Waals surface area contributed by atoms with Crippen LogP contribution in [0.1, 0.15) is 29.8 Å². The van der Waals surface area contributed by atoms with Crippen molar-refractivity contribution in [3.8, 4) is 0 Å². The van der Waals surface area contributed by atoms with Gasteiger partial charge in [0.2, 0.25) is 0 Å². The number of carbonyl (C=O) groups excluding carboxylic acids is 1. The number of hydrogen-bond acceptors (Lipinski definition) is 4. The first-order valence-corrected chi connectivity index (χ1v) is 8.71. The third kappa shape index (κ3) is 4.68. The molecular formula is C19H25N5O. The second-order valence-electron chi connectivity index (χ2n) is 6.67. The number of nitrogens with zero attached hydrogens (tertiary/aromatic N) is 3. The maximum atomic E-state index is 12.2. The molecule has 6 heteroatoms. The minimum atomic E-state index is -0.190. The van der Waals surface area contributed by atoms with E-state index >= 15 is 0 Å². The van der Waals surface area contributed by atoms with Crippen LogP contribution in [0.4, 0.5) is 16.4 Å². The van der Waals surface area contributed by atoms with E-state index in [1.807, 2.05) is 51.1 Å². The zero-order chi connectivity index (χ0) is 17.8. The average Bonchev–Trinajstić information content (AvgIpc) is 2.54. The Labute approximate surface area is 148 Å². The van der Waals surface area contributed by atoms with Gasteiger partial charge in [0, 0.05) is 30.5 Å². The Morgan fingerprint density at radius 2 is 1.84 bits per heavy atom. The van der Waals surface area contributed by atoms with Crippen molar-refractivity contribution in [1.82, 2.24) is 15.3 Å². The summed E-state index contributed by atoms with van der Waals surface area (Å²) in [4.78, 5) is 23.4. The van der Waals surface area contributed by atoms with E-state index in [4.69, 9.17) is 0 Å². The first-order chi connectivity index (χ1) is 12.0. The summed E-state index contributed by atoms with van der Waals surface area (Å²) in [5.74, 6) is 1.61. The largest absolute Gasteiger partial charge is 0.356 e. The van der Waals surface area contributed by atoms with Crippen molar-refractivity contribution in [2.24, 2.45) is 0 Å². The molecule has 1 aliphatic heterocycles. The van der Waals surface area contributed by atoms with Gasteiger partial charge in [-0.2, -0.15) is 0 Å². The van der Waals surface area contributed by atoms with Crippen LogP contribution in [0.5, 0.6) is 0 Å². The molecule has 2 N–H and O–H groups in total. The number of rotatable bonds is 3. The fraction of sp³-hybridized carbons (Fsp3) is 0.421. The van der Waals surface area contributed by atoms with E-state index < -0.39 is 0 Å². The average molecular weight is 339 g/mol. The van der Waals surface area contributed by atoms with Gasteiger partial charge in [0.25, 0.3) is 0 Å². The van der Waals surface area contributed by atoms with Gasteiger partial charge in [0.15, 0.2) is 0 Å². The van der Waals surface area contributed by atoms with Crippen LogP contribution in [0.3, 0.4) is 0 Å². The molecule has 0 atom stereocenters. The summed E-state index contributed by atoms with van der Waals surface area (Å²) < 4.78 is 0. The van der Waals surface area contributed by atoms with Crippen LogP contribution in [0, 0.1) is 20.8 Å². The van der Waals surface area contributed by atoms with Gasteiger partial charge in [-0.05, 0) is 63.4 Å². The fourth-order valence-electron chi connectivity index (χ4n) is 3.20. The van der Waals surface area contributed by atoms with Crippen LogP contribution in [0.15, 0.2) is 30.3 Å². The lowest BCUT2D eigenvalue weighted by Crippen LogP contribution is -2.46. The zero-order valence-electron chi connectivity index (χ0n) is 15.0. The van der Waals surface area contributed by atoms with Crippen LogP contribution in [-0.4, -0.2) is 35.1 Å². The molecule has 6 nitrogen and oxygen atoms in total. The summed E-state index contributed by atoms with van der Waals surface area (Å²) in [5.41, 5.74) is 3.01. The molecule has 1 fully saturated rings. The van der Waals surface area contributed by atoms with E-state index in [9.17, 15) is 4.79 Å². The molecule has 2 aromatic heterocycles. The lowest BCUT2D eigenvalue weighted by Gasteiger charge is -2.33. The number of urea groups is 1. The van der Waals surface area contributed by atoms with E-state index in [1.54, 1.807) is 0 Å². The smallest absolute Gasteiger partial charge is 0.320 e. The van der Waals surface area contributed by atoms with Gasteiger partial charge in [-0.25, -0.2) is 14.8 Å². The molecule has 0 spiro atoms. The van der Waals surface area contributed by atoms with Crippen molar-refractivity contribution in [3.63, 3.8) is 0 Å². The molecule has 2 amide bonds. The number of carbonyl (C=O) groups is 1. The van der Waals surface area contributed by atoms with Gasteiger partial charge < -0.3 is 10.2 Å². The first kappa shape index (κ1) is 17.2. The van der Waals surface area contributed by atoms with Crippen LogP contribution in [0.2, 0.25) is 0 Å². The van der Waals surface area contributed by atoms with Gasteiger partial charge in [-0.1, -0.05) is 6.07 Å². The second kappa shape index (κ2) is 7.51. The van der Waals surface area contributed by atoms with Crippen molar-refractivity contribution in [2.45, 2.75) is 39.7 Å². The third-order valence-electron chi connectivity index (χ3n) is 4.37. The number of nitrogens with one attached hydrogen (secondary N) is 2. The molecule has 0 saturated carbocycles. The minimum Gasteiger partial charge on any atom is -0.356 e. The SMILES string of the molecule is Cc1cc(C)nc(NC(=O)NC2CCN(c3cccc(C)n3)CC2)c1. The number of aromatic nitrogens is 2. The number of aryl methyl sites for hydroxylation is 3. The third-order valence-corrected chi connectivity index (χ3v) is 4.37.